The maximum atomic E-state index is 12.7. The van der Waals surface area contributed by atoms with Gasteiger partial charge < -0.3 is 23.7 Å². The van der Waals surface area contributed by atoms with E-state index in [1.54, 1.807) is 34.1 Å². The minimum Gasteiger partial charge on any atom is -0.475 e. The van der Waals surface area contributed by atoms with Gasteiger partial charge in [0.15, 0.2) is 5.76 Å². The molecular weight excluding hydrogens is 362 g/mol. The number of pyridine rings is 1. The standard InChI is InChI=1S/C20H23N3O5/c24-19(15-5-6-18(21-13-15)28-14-16-3-1-11-26-16)22-7-9-23(10-8-22)20(25)17-4-2-12-27-17/h2,4-6,12-13,16H,1,3,7-11,14H2/t16-/m0/s1. The lowest BCUT2D eigenvalue weighted by Crippen LogP contribution is -2.50. The van der Waals surface area contributed by atoms with Gasteiger partial charge in [-0.05, 0) is 31.0 Å². The average molecular weight is 385 g/mol. The Morgan fingerprint density at radius 1 is 1.11 bits per heavy atom. The van der Waals surface area contributed by atoms with Gasteiger partial charge in [0, 0.05) is 45.0 Å². The van der Waals surface area contributed by atoms with Gasteiger partial charge in [-0.2, -0.15) is 0 Å². The molecule has 2 saturated heterocycles. The summed E-state index contributed by atoms with van der Waals surface area (Å²) >= 11 is 0. The van der Waals surface area contributed by atoms with Gasteiger partial charge in [0.25, 0.3) is 11.8 Å². The summed E-state index contributed by atoms with van der Waals surface area (Å²) in [6.45, 7) is 3.16. The van der Waals surface area contributed by atoms with E-state index < -0.39 is 0 Å². The first-order chi connectivity index (χ1) is 13.7. The Bertz CT molecular complexity index is 792. The molecule has 0 aromatic carbocycles. The zero-order valence-electron chi connectivity index (χ0n) is 15.6. The number of aromatic nitrogens is 1. The van der Waals surface area contributed by atoms with E-state index in [-0.39, 0.29) is 17.9 Å². The van der Waals surface area contributed by atoms with Crippen LogP contribution >= 0.6 is 0 Å². The van der Waals surface area contributed by atoms with Crippen molar-refractivity contribution >= 4 is 11.8 Å². The minimum absolute atomic E-state index is 0.0942. The quantitative estimate of drug-likeness (QED) is 0.781. The van der Waals surface area contributed by atoms with Gasteiger partial charge in [-0.15, -0.1) is 0 Å². The van der Waals surface area contributed by atoms with E-state index in [9.17, 15) is 9.59 Å². The van der Waals surface area contributed by atoms with E-state index in [1.165, 1.54) is 12.5 Å². The van der Waals surface area contributed by atoms with Crippen molar-refractivity contribution < 1.29 is 23.5 Å². The summed E-state index contributed by atoms with van der Waals surface area (Å²) < 4.78 is 16.3. The van der Waals surface area contributed by atoms with Crippen molar-refractivity contribution in [3.63, 3.8) is 0 Å². The molecule has 8 nitrogen and oxygen atoms in total. The summed E-state index contributed by atoms with van der Waals surface area (Å²) in [6, 6.07) is 6.77. The van der Waals surface area contributed by atoms with Crippen molar-refractivity contribution in [1.29, 1.82) is 0 Å². The van der Waals surface area contributed by atoms with Gasteiger partial charge >= 0.3 is 0 Å². The fourth-order valence-corrected chi connectivity index (χ4v) is 3.40. The highest BCUT2D eigenvalue weighted by atomic mass is 16.5. The van der Waals surface area contributed by atoms with Crippen LogP contribution in [0.4, 0.5) is 0 Å². The molecule has 4 heterocycles. The monoisotopic (exact) mass is 385 g/mol. The number of piperazine rings is 1. The summed E-state index contributed by atoms with van der Waals surface area (Å²) in [5, 5.41) is 0. The Morgan fingerprint density at radius 3 is 2.50 bits per heavy atom. The van der Waals surface area contributed by atoms with Gasteiger partial charge in [-0.3, -0.25) is 9.59 Å². The first-order valence-corrected chi connectivity index (χ1v) is 9.53. The molecule has 28 heavy (non-hydrogen) atoms. The largest absolute Gasteiger partial charge is 0.475 e. The van der Waals surface area contributed by atoms with Crippen molar-refractivity contribution in [2.75, 3.05) is 39.4 Å². The van der Waals surface area contributed by atoms with Crippen LogP contribution in [0, 0.1) is 0 Å². The van der Waals surface area contributed by atoms with Crippen LogP contribution < -0.4 is 4.74 Å². The molecule has 1 atom stereocenters. The second kappa shape index (κ2) is 8.43. The Balaban J connectivity index is 1.28. The summed E-state index contributed by atoms with van der Waals surface area (Å²) in [5.41, 5.74) is 0.510. The molecule has 0 bridgehead atoms. The highest BCUT2D eigenvalue weighted by molar-refractivity contribution is 5.94. The van der Waals surface area contributed by atoms with Crippen LogP contribution in [0.15, 0.2) is 41.1 Å². The minimum atomic E-state index is -0.147. The smallest absolute Gasteiger partial charge is 0.289 e. The third-order valence-electron chi connectivity index (χ3n) is 5.01. The number of ether oxygens (including phenoxy) is 2. The number of furan rings is 1. The molecule has 2 fully saturated rings. The number of amides is 2. The molecule has 0 aliphatic carbocycles. The molecule has 2 aromatic rings. The summed E-state index contributed by atoms with van der Waals surface area (Å²) in [5.74, 6) is 0.568. The van der Waals surface area contributed by atoms with Crippen molar-refractivity contribution in [1.82, 2.24) is 14.8 Å². The van der Waals surface area contributed by atoms with Crippen LogP contribution in [-0.2, 0) is 4.74 Å². The molecular formula is C20H23N3O5. The molecule has 2 amide bonds. The topological polar surface area (TPSA) is 85.1 Å². The van der Waals surface area contributed by atoms with Crippen LogP contribution in [0.1, 0.15) is 33.8 Å². The molecule has 0 saturated carbocycles. The first kappa shape index (κ1) is 18.5. The molecule has 148 valence electrons. The van der Waals surface area contributed by atoms with Crippen LogP contribution in [-0.4, -0.2) is 72.1 Å². The predicted molar refractivity (Wildman–Crippen MR) is 99.2 cm³/mol. The van der Waals surface area contributed by atoms with Gasteiger partial charge in [0.05, 0.1) is 17.9 Å². The second-order valence-electron chi connectivity index (χ2n) is 6.89. The van der Waals surface area contributed by atoms with Crippen molar-refractivity contribution in [3.05, 3.63) is 48.0 Å². The van der Waals surface area contributed by atoms with Crippen LogP contribution in [0.2, 0.25) is 0 Å². The lowest BCUT2D eigenvalue weighted by molar-refractivity contribution is 0.0517. The molecule has 2 aromatic heterocycles. The van der Waals surface area contributed by atoms with Gasteiger partial charge in [-0.1, -0.05) is 0 Å². The zero-order chi connectivity index (χ0) is 19.3. The number of rotatable bonds is 5. The maximum Gasteiger partial charge on any atom is 0.289 e. The van der Waals surface area contributed by atoms with E-state index in [2.05, 4.69) is 4.98 Å². The Hall–Kier alpha value is -2.87. The normalized spacial score (nSPS) is 19.6. The lowest BCUT2D eigenvalue weighted by Gasteiger charge is -2.34. The maximum absolute atomic E-state index is 12.7. The van der Waals surface area contributed by atoms with E-state index in [0.717, 1.165) is 19.4 Å². The van der Waals surface area contributed by atoms with Gasteiger partial charge in [0.1, 0.15) is 6.61 Å². The van der Waals surface area contributed by atoms with Crippen LogP contribution in [0.3, 0.4) is 0 Å². The van der Waals surface area contributed by atoms with Gasteiger partial charge in [-0.25, -0.2) is 4.98 Å². The fraction of sp³-hybridized carbons (Fsp3) is 0.450. The highest BCUT2D eigenvalue weighted by Crippen LogP contribution is 2.16. The Kier molecular flexibility index (Phi) is 5.57. The second-order valence-corrected chi connectivity index (χ2v) is 6.89. The SMILES string of the molecule is O=C(c1ccc(OC[C@@H]2CCCO2)nc1)N1CCN(C(=O)c2ccco2)CC1. The zero-order valence-corrected chi connectivity index (χ0v) is 15.6. The van der Waals surface area contributed by atoms with Crippen LogP contribution in [0.25, 0.3) is 0 Å². The lowest BCUT2D eigenvalue weighted by atomic mass is 10.2. The van der Waals surface area contributed by atoms with Crippen molar-refractivity contribution in [3.8, 4) is 5.88 Å². The van der Waals surface area contributed by atoms with E-state index in [0.29, 0.717) is 50.0 Å². The third-order valence-corrected chi connectivity index (χ3v) is 5.01. The molecule has 0 spiro atoms. The summed E-state index contributed by atoms with van der Waals surface area (Å²) in [7, 11) is 0. The molecule has 0 unspecified atom stereocenters. The fourth-order valence-electron chi connectivity index (χ4n) is 3.40. The molecule has 4 rings (SSSR count). The predicted octanol–water partition coefficient (Wildman–Crippen LogP) is 1.83. The van der Waals surface area contributed by atoms with E-state index in [1.807, 2.05) is 0 Å². The number of nitrogens with zero attached hydrogens (tertiary/aromatic N) is 3. The number of hydrogen-bond donors (Lipinski definition) is 0. The van der Waals surface area contributed by atoms with E-state index in [4.69, 9.17) is 13.9 Å². The summed E-state index contributed by atoms with van der Waals surface area (Å²) in [4.78, 5) is 32.6. The number of carbonyl (C=O) groups excluding carboxylic acids is 2. The number of hydrogen-bond acceptors (Lipinski definition) is 6. The molecule has 2 aliphatic rings. The molecule has 2 aliphatic heterocycles. The average Bonchev–Trinajstić information content (AvgIpc) is 3.46. The molecule has 8 heteroatoms. The molecule has 0 radical (unpaired) electrons. The Morgan fingerprint density at radius 2 is 1.89 bits per heavy atom. The summed E-state index contributed by atoms with van der Waals surface area (Å²) in [6.07, 6.45) is 5.21. The number of carbonyl (C=O) groups is 2. The van der Waals surface area contributed by atoms with Crippen molar-refractivity contribution in [2.45, 2.75) is 18.9 Å². The van der Waals surface area contributed by atoms with Crippen LogP contribution in [0.5, 0.6) is 5.88 Å². The Labute approximate surface area is 163 Å². The van der Waals surface area contributed by atoms with Gasteiger partial charge in [0.2, 0.25) is 5.88 Å². The van der Waals surface area contributed by atoms with Crippen molar-refractivity contribution in [2.24, 2.45) is 0 Å². The first-order valence-electron chi connectivity index (χ1n) is 9.53. The third kappa shape index (κ3) is 4.17. The van der Waals surface area contributed by atoms with E-state index >= 15 is 0 Å². The molecule has 0 N–H and O–H groups in total. The highest BCUT2D eigenvalue weighted by Gasteiger charge is 2.26.